The molecule has 0 radical (unpaired) electrons. The van der Waals surface area contributed by atoms with Gasteiger partial charge in [0.25, 0.3) is 0 Å². The fourth-order valence-corrected chi connectivity index (χ4v) is 2.70. The van der Waals surface area contributed by atoms with E-state index in [-0.39, 0.29) is 11.6 Å². The SMILES string of the molecule is CC(C)(C)N1CCCC1C(O)c1ccccn1. The zero-order chi connectivity index (χ0) is 12.5. The van der Waals surface area contributed by atoms with Crippen LogP contribution in [-0.4, -0.2) is 33.1 Å². The first-order valence-corrected chi connectivity index (χ1v) is 6.36. The van der Waals surface area contributed by atoms with Gasteiger partial charge in [-0.25, -0.2) is 0 Å². The lowest BCUT2D eigenvalue weighted by Crippen LogP contribution is -2.46. The van der Waals surface area contributed by atoms with Crippen molar-refractivity contribution in [2.24, 2.45) is 0 Å². The molecule has 3 heteroatoms. The van der Waals surface area contributed by atoms with Crippen molar-refractivity contribution in [2.75, 3.05) is 6.54 Å². The molecule has 1 aliphatic rings. The maximum atomic E-state index is 10.4. The van der Waals surface area contributed by atoms with Crippen LogP contribution in [-0.2, 0) is 0 Å². The summed E-state index contributed by atoms with van der Waals surface area (Å²) in [5.74, 6) is 0. The number of aliphatic hydroxyl groups is 1. The predicted molar refractivity (Wildman–Crippen MR) is 68.7 cm³/mol. The highest BCUT2D eigenvalue weighted by molar-refractivity contribution is 5.10. The fraction of sp³-hybridized carbons (Fsp3) is 0.643. The van der Waals surface area contributed by atoms with Crippen LogP contribution in [0.15, 0.2) is 24.4 Å². The van der Waals surface area contributed by atoms with Crippen LogP contribution in [0.2, 0.25) is 0 Å². The number of aromatic nitrogens is 1. The van der Waals surface area contributed by atoms with Crippen LogP contribution in [0.25, 0.3) is 0 Å². The van der Waals surface area contributed by atoms with E-state index < -0.39 is 6.10 Å². The smallest absolute Gasteiger partial charge is 0.111 e. The summed E-state index contributed by atoms with van der Waals surface area (Å²) in [5.41, 5.74) is 0.894. The molecule has 0 saturated carbocycles. The highest BCUT2D eigenvalue weighted by Gasteiger charge is 2.37. The molecule has 0 aliphatic carbocycles. The van der Waals surface area contributed by atoms with E-state index in [4.69, 9.17) is 0 Å². The summed E-state index contributed by atoms with van der Waals surface area (Å²) in [4.78, 5) is 6.66. The molecule has 2 rings (SSSR count). The minimum Gasteiger partial charge on any atom is -0.385 e. The van der Waals surface area contributed by atoms with Gasteiger partial charge in [0.1, 0.15) is 6.10 Å². The van der Waals surface area contributed by atoms with Crippen LogP contribution in [0.1, 0.15) is 45.4 Å². The number of pyridine rings is 1. The van der Waals surface area contributed by atoms with Gasteiger partial charge in [0, 0.05) is 17.8 Å². The van der Waals surface area contributed by atoms with Crippen molar-refractivity contribution in [3.8, 4) is 0 Å². The maximum absolute atomic E-state index is 10.4. The summed E-state index contributed by atoms with van der Waals surface area (Å²) in [7, 11) is 0. The van der Waals surface area contributed by atoms with Gasteiger partial charge in [-0.05, 0) is 52.3 Å². The molecular formula is C14H22N2O. The van der Waals surface area contributed by atoms with E-state index in [1.54, 1.807) is 6.20 Å². The molecule has 0 amide bonds. The van der Waals surface area contributed by atoms with Gasteiger partial charge in [-0.2, -0.15) is 0 Å². The number of likely N-dealkylation sites (tertiary alicyclic amines) is 1. The first kappa shape index (κ1) is 12.5. The third-order valence-electron chi connectivity index (χ3n) is 3.52. The van der Waals surface area contributed by atoms with Gasteiger partial charge < -0.3 is 5.11 Å². The summed E-state index contributed by atoms with van der Waals surface area (Å²) >= 11 is 0. The van der Waals surface area contributed by atoms with Crippen LogP contribution in [0, 0.1) is 0 Å². The van der Waals surface area contributed by atoms with E-state index in [1.165, 1.54) is 0 Å². The Balaban J connectivity index is 2.17. The molecule has 2 atom stereocenters. The maximum Gasteiger partial charge on any atom is 0.111 e. The lowest BCUT2D eigenvalue weighted by atomic mass is 9.99. The van der Waals surface area contributed by atoms with Gasteiger partial charge in [-0.3, -0.25) is 9.88 Å². The van der Waals surface area contributed by atoms with Crippen molar-refractivity contribution in [1.82, 2.24) is 9.88 Å². The summed E-state index contributed by atoms with van der Waals surface area (Å²) in [5, 5.41) is 10.4. The van der Waals surface area contributed by atoms with E-state index in [2.05, 4.69) is 30.7 Å². The number of hydrogen-bond acceptors (Lipinski definition) is 3. The molecule has 1 aromatic heterocycles. The molecule has 2 unspecified atom stereocenters. The highest BCUT2D eigenvalue weighted by atomic mass is 16.3. The molecule has 94 valence electrons. The Morgan fingerprint density at radius 1 is 1.41 bits per heavy atom. The largest absolute Gasteiger partial charge is 0.385 e. The van der Waals surface area contributed by atoms with Gasteiger partial charge in [0.2, 0.25) is 0 Å². The quantitative estimate of drug-likeness (QED) is 0.853. The standard InChI is InChI=1S/C14H22N2O/c1-14(2,3)16-10-6-8-12(16)13(17)11-7-4-5-9-15-11/h4-5,7,9,12-13,17H,6,8,10H2,1-3H3. The molecule has 0 bridgehead atoms. The number of aliphatic hydroxyl groups excluding tert-OH is 1. The van der Waals surface area contributed by atoms with Crippen molar-refractivity contribution in [1.29, 1.82) is 0 Å². The summed E-state index contributed by atoms with van der Waals surface area (Å²) < 4.78 is 0. The van der Waals surface area contributed by atoms with Crippen LogP contribution in [0.5, 0.6) is 0 Å². The molecule has 1 aliphatic heterocycles. The van der Waals surface area contributed by atoms with Crippen molar-refractivity contribution in [2.45, 2.75) is 51.3 Å². The lowest BCUT2D eigenvalue weighted by Gasteiger charge is -2.38. The number of rotatable bonds is 2. The van der Waals surface area contributed by atoms with E-state index in [1.807, 2.05) is 18.2 Å². The van der Waals surface area contributed by atoms with Gasteiger partial charge in [0.15, 0.2) is 0 Å². The molecule has 0 spiro atoms. The van der Waals surface area contributed by atoms with E-state index in [0.29, 0.717) is 0 Å². The average Bonchev–Trinajstić information content (AvgIpc) is 2.78. The first-order valence-electron chi connectivity index (χ1n) is 6.36. The van der Waals surface area contributed by atoms with Crippen LogP contribution >= 0.6 is 0 Å². The fourth-order valence-electron chi connectivity index (χ4n) is 2.70. The second kappa shape index (κ2) is 4.75. The van der Waals surface area contributed by atoms with Crippen molar-refractivity contribution in [3.05, 3.63) is 30.1 Å². The first-order chi connectivity index (χ1) is 8.00. The minimum atomic E-state index is -0.474. The second-order valence-electron chi connectivity index (χ2n) is 5.77. The van der Waals surface area contributed by atoms with Crippen LogP contribution in [0.3, 0.4) is 0 Å². The Morgan fingerprint density at radius 2 is 2.18 bits per heavy atom. The Bertz CT molecular complexity index is 358. The van der Waals surface area contributed by atoms with Crippen LogP contribution in [0.4, 0.5) is 0 Å². The molecule has 1 N–H and O–H groups in total. The van der Waals surface area contributed by atoms with Crippen molar-refractivity contribution >= 4 is 0 Å². The number of nitrogens with zero attached hydrogens (tertiary/aromatic N) is 2. The summed E-state index contributed by atoms with van der Waals surface area (Å²) in [6.07, 6.45) is 3.48. The van der Waals surface area contributed by atoms with Crippen molar-refractivity contribution < 1.29 is 5.11 Å². The third-order valence-corrected chi connectivity index (χ3v) is 3.52. The van der Waals surface area contributed by atoms with Crippen molar-refractivity contribution in [3.63, 3.8) is 0 Å². The molecule has 0 aromatic carbocycles. The van der Waals surface area contributed by atoms with Gasteiger partial charge >= 0.3 is 0 Å². The molecule has 1 saturated heterocycles. The Kier molecular flexibility index (Phi) is 3.50. The molecular weight excluding hydrogens is 212 g/mol. The monoisotopic (exact) mass is 234 g/mol. The Hall–Kier alpha value is -0.930. The van der Waals surface area contributed by atoms with Gasteiger partial charge in [0.05, 0.1) is 5.69 Å². The molecule has 1 aromatic rings. The highest BCUT2D eigenvalue weighted by Crippen LogP contribution is 2.33. The molecule has 17 heavy (non-hydrogen) atoms. The van der Waals surface area contributed by atoms with E-state index >= 15 is 0 Å². The molecule has 1 fully saturated rings. The topological polar surface area (TPSA) is 36.4 Å². The molecule has 3 nitrogen and oxygen atoms in total. The average molecular weight is 234 g/mol. The van der Waals surface area contributed by atoms with E-state index in [0.717, 1.165) is 25.1 Å². The minimum absolute atomic E-state index is 0.108. The summed E-state index contributed by atoms with van der Waals surface area (Å²) in [6, 6.07) is 5.92. The van der Waals surface area contributed by atoms with E-state index in [9.17, 15) is 5.11 Å². The van der Waals surface area contributed by atoms with Gasteiger partial charge in [-0.1, -0.05) is 6.07 Å². The Labute approximate surface area is 103 Å². The summed E-state index contributed by atoms with van der Waals surface area (Å²) in [6.45, 7) is 7.68. The Morgan fingerprint density at radius 3 is 2.76 bits per heavy atom. The number of hydrogen-bond donors (Lipinski definition) is 1. The third kappa shape index (κ3) is 2.67. The lowest BCUT2D eigenvalue weighted by molar-refractivity contribution is 0.0228. The zero-order valence-corrected chi connectivity index (χ0v) is 10.9. The molecule has 2 heterocycles. The zero-order valence-electron chi connectivity index (χ0n) is 10.9. The van der Waals surface area contributed by atoms with Crippen LogP contribution < -0.4 is 0 Å². The second-order valence-corrected chi connectivity index (χ2v) is 5.77. The predicted octanol–water partition coefficient (Wildman–Crippen LogP) is 2.38. The normalized spacial score (nSPS) is 23.9. The van der Waals surface area contributed by atoms with Gasteiger partial charge in [-0.15, -0.1) is 0 Å².